The van der Waals surface area contributed by atoms with Crippen LogP contribution in [0.3, 0.4) is 0 Å². The Hall–Kier alpha value is -1.29. The summed E-state index contributed by atoms with van der Waals surface area (Å²) in [5.41, 5.74) is -0.0866. The zero-order chi connectivity index (χ0) is 13.0. The molecule has 1 aromatic rings. The van der Waals surface area contributed by atoms with Crippen LogP contribution in [0.2, 0.25) is 0 Å². The number of benzene rings is 1. The molecule has 0 aliphatic rings. The van der Waals surface area contributed by atoms with E-state index in [4.69, 9.17) is 16.7 Å². The number of hydrogen-bond donors (Lipinski definition) is 2. The first-order valence-electron chi connectivity index (χ1n) is 5.31. The highest BCUT2D eigenvalue weighted by molar-refractivity contribution is 6.18. The van der Waals surface area contributed by atoms with E-state index in [0.717, 1.165) is 6.07 Å². The molecule has 0 fully saturated rings. The second kappa shape index (κ2) is 5.87. The zero-order valence-electron chi connectivity index (χ0n) is 9.71. The fraction of sp³-hybridized carbons (Fsp3) is 0.417. The fourth-order valence-electron chi connectivity index (χ4n) is 1.25. The molecule has 1 rings (SSSR count). The van der Waals surface area contributed by atoms with E-state index in [9.17, 15) is 9.18 Å². The predicted molar refractivity (Wildman–Crippen MR) is 64.9 cm³/mol. The molecule has 0 aliphatic carbocycles. The molecular weight excluding hydrogens is 245 g/mol. The molecule has 0 bridgehead atoms. The first-order chi connectivity index (χ1) is 7.95. The van der Waals surface area contributed by atoms with Crippen LogP contribution in [0.25, 0.3) is 0 Å². The molecule has 0 aliphatic heterocycles. The second-order valence-electron chi connectivity index (χ2n) is 4.06. The summed E-state index contributed by atoms with van der Waals surface area (Å²) in [6, 6.07) is 3.28. The van der Waals surface area contributed by atoms with Crippen molar-refractivity contribution in [1.82, 2.24) is 5.32 Å². The van der Waals surface area contributed by atoms with Crippen molar-refractivity contribution in [1.29, 1.82) is 0 Å². The third-order valence-electron chi connectivity index (χ3n) is 2.65. The lowest BCUT2D eigenvalue weighted by Crippen LogP contribution is -2.38. The van der Waals surface area contributed by atoms with Gasteiger partial charge in [-0.25, -0.2) is 4.39 Å². The highest BCUT2D eigenvalue weighted by Gasteiger charge is 2.17. The van der Waals surface area contributed by atoms with Crippen LogP contribution in [0.4, 0.5) is 4.39 Å². The summed E-state index contributed by atoms with van der Waals surface area (Å²) < 4.78 is 13.4. The number of rotatable bonds is 4. The van der Waals surface area contributed by atoms with Crippen LogP contribution in [0.5, 0.6) is 5.75 Å². The maximum absolute atomic E-state index is 13.4. The summed E-state index contributed by atoms with van der Waals surface area (Å²) in [6.07, 6.45) is 0. The van der Waals surface area contributed by atoms with Crippen LogP contribution in [0, 0.1) is 11.7 Å². The van der Waals surface area contributed by atoms with E-state index in [1.165, 1.54) is 12.1 Å². The lowest BCUT2D eigenvalue weighted by atomic mass is 10.1. The van der Waals surface area contributed by atoms with Crippen molar-refractivity contribution in [3.05, 3.63) is 29.6 Å². The third-order valence-corrected chi connectivity index (χ3v) is 3.14. The van der Waals surface area contributed by atoms with Gasteiger partial charge < -0.3 is 10.4 Å². The summed E-state index contributed by atoms with van der Waals surface area (Å²) in [5, 5.41) is 11.7. The van der Waals surface area contributed by atoms with E-state index >= 15 is 0 Å². The standard InChI is InChI=1S/C12H15ClFNO2/c1-7(6-13)8(2)15-12(17)10-4-3-9(16)5-11(10)14/h3-5,7-8,16H,6H2,1-2H3,(H,15,17). The number of aromatic hydroxyl groups is 1. The Bertz CT molecular complexity index is 411. The molecule has 2 unspecified atom stereocenters. The van der Waals surface area contributed by atoms with Gasteiger partial charge in [0.1, 0.15) is 11.6 Å². The van der Waals surface area contributed by atoms with Gasteiger partial charge in [0.05, 0.1) is 5.56 Å². The Morgan fingerprint density at radius 1 is 1.53 bits per heavy atom. The van der Waals surface area contributed by atoms with Gasteiger partial charge in [0.25, 0.3) is 5.91 Å². The Kier molecular flexibility index (Phi) is 4.75. The Labute approximate surface area is 105 Å². The summed E-state index contributed by atoms with van der Waals surface area (Å²) in [5.74, 6) is -0.943. The number of halogens is 2. The van der Waals surface area contributed by atoms with E-state index in [0.29, 0.717) is 5.88 Å². The van der Waals surface area contributed by atoms with E-state index in [2.05, 4.69) is 5.32 Å². The van der Waals surface area contributed by atoms with Gasteiger partial charge in [-0.1, -0.05) is 6.92 Å². The molecule has 94 valence electrons. The van der Waals surface area contributed by atoms with Gasteiger partial charge in [-0.05, 0) is 25.0 Å². The minimum Gasteiger partial charge on any atom is -0.508 e. The maximum atomic E-state index is 13.4. The molecule has 1 amide bonds. The molecule has 0 saturated heterocycles. The number of phenolic OH excluding ortho intramolecular Hbond substituents is 1. The van der Waals surface area contributed by atoms with E-state index in [1.807, 2.05) is 13.8 Å². The van der Waals surface area contributed by atoms with Gasteiger partial charge >= 0.3 is 0 Å². The number of carbonyl (C=O) groups excluding carboxylic acids is 1. The molecule has 0 spiro atoms. The number of alkyl halides is 1. The number of carbonyl (C=O) groups is 1. The largest absolute Gasteiger partial charge is 0.508 e. The molecule has 2 atom stereocenters. The van der Waals surface area contributed by atoms with Gasteiger partial charge in [-0.15, -0.1) is 11.6 Å². The number of amides is 1. The summed E-state index contributed by atoms with van der Waals surface area (Å²) in [7, 11) is 0. The first kappa shape index (κ1) is 13.8. The van der Waals surface area contributed by atoms with Crippen LogP contribution < -0.4 is 5.32 Å². The zero-order valence-corrected chi connectivity index (χ0v) is 10.5. The SMILES string of the molecule is CC(CCl)C(C)NC(=O)c1ccc(O)cc1F. The van der Waals surface area contributed by atoms with Crippen LogP contribution in [0.15, 0.2) is 18.2 Å². The van der Waals surface area contributed by atoms with E-state index in [-0.39, 0.29) is 23.3 Å². The highest BCUT2D eigenvalue weighted by atomic mass is 35.5. The van der Waals surface area contributed by atoms with Gasteiger partial charge in [-0.2, -0.15) is 0 Å². The van der Waals surface area contributed by atoms with Gasteiger partial charge in [0, 0.05) is 18.0 Å². The molecule has 0 radical (unpaired) electrons. The molecular formula is C12H15ClFNO2. The minimum atomic E-state index is -0.742. The second-order valence-corrected chi connectivity index (χ2v) is 4.37. The summed E-state index contributed by atoms with van der Waals surface area (Å²) in [6.45, 7) is 3.70. The monoisotopic (exact) mass is 259 g/mol. The summed E-state index contributed by atoms with van der Waals surface area (Å²) in [4.78, 5) is 11.7. The van der Waals surface area contributed by atoms with Gasteiger partial charge in [-0.3, -0.25) is 4.79 Å². The smallest absolute Gasteiger partial charge is 0.254 e. The van der Waals surface area contributed by atoms with Gasteiger partial charge in [0.15, 0.2) is 0 Å². The molecule has 17 heavy (non-hydrogen) atoms. The van der Waals surface area contributed by atoms with Crippen molar-refractivity contribution in [2.75, 3.05) is 5.88 Å². The Balaban J connectivity index is 2.76. The van der Waals surface area contributed by atoms with Crippen molar-refractivity contribution < 1.29 is 14.3 Å². The van der Waals surface area contributed by atoms with E-state index in [1.54, 1.807) is 0 Å². The van der Waals surface area contributed by atoms with Crippen LogP contribution in [-0.2, 0) is 0 Å². The lowest BCUT2D eigenvalue weighted by Gasteiger charge is -2.19. The number of hydrogen-bond acceptors (Lipinski definition) is 2. The molecule has 5 heteroatoms. The molecule has 1 aromatic carbocycles. The molecule has 0 aromatic heterocycles. The molecule has 3 nitrogen and oxygen atoms in total. The average Bonchev–Trinajstić information content (AvgIpc) is 2.27. The van der Waals surface area contributed by atoms with Crippen molar-refractivity contribution in [2.24, 2.45) is 5.92 Å². The molecule has 2 N–H and O–H groups in total. The average molecular weight is 260 g/mol. The van der Waals surface area contributed by atoms with Crippen molar-refractivity contribution in [3.8, 4) is 5.75 Å². The summed E-state index contributed by atoms with van der Waals surface area (Å²) >= 11 is 5.67. The van der Waals surface area contributed by atoms with Crippen LogP contribution in [0.1, 0.15) is 24.2 Å². The number of nitrogens with one attached hydrogen (secondary N) is 1. The molecule has 0 heterocycles. The van der Waals surface area contributed by atoms with Crippen molar-refractivity contribution in [3.63, 3.8) is 0 Å². The Morgan fingerprint density at radius 3 is 2.71 bits per heavy atom. The van der Waals surface area contributed by atoms with Crippen molar-refractivity contribution >= 4 is 17.5 Å². The predicted octanol–water partition coefficient (Wildman–Crippen LogP) is 2.52. The quantitative estimate of drug-likeness (QED) is 0.817. The Morgan fingerprint density at radius 2 is 2.18 bits per heavy atom. The third kappa shape index (κ3) is 3.60. The van der Waals surface area contributed by atoms with Crippen LogP contribution in [-0.4, -0.2) is 22.9 Å². The minimum absolute atomic E-state index is 0.0866. The topological polar surface area (TPSA) is 49.3 Å². The first-order valence-corrected chi connectivity index (χ1v) is 5.84. The lowest BCUT2D eigenvalue weighted by molar-refractivity contribution is 0.0927. The maximum Gasteiger partial charge on any atom is 0.254 e. The van der Waals surface area contributed by atoms with Crippen LogP contribution >= 0.6 is 11.6 Å². The van der Waals surface area contributed by atoms with Gasteiger partial charge in [0.2, 0.25) is 0 Å². The number of phenols is 1. The molecule has 0 saturated carbocycles. The normalized spacial score (nSPS) is 14.1. The highest BCUT2D eigenvalue weighted by Crippen LogP contribution is 2.15. The van der Waals surface area contributed by atoms with E-state index < -0.39 is 11.7 Å². The van der Waals surface area contributed by atoms with Crippen molar-refractivity contribution in [2.45, 2.75) is 19.9 Å². The fourth-order valence-corrected chi connectivity index (χ4v) is 1.52.